The maximum atomic E-state index is 12.0. The first-order valence-electron chi connectivity index (χ1n) is 9.08. The maximum Gasteiger partial charge on any atom is 0.327 e. The Morgan fingerprint density at radius 2 is 1.73 bits per heavy atom. The predicted molar refractivity (Wildman–Crippen MR) is 102 cm³/mol. The van der Waals surface area contributed by atoms with Crippen molar-refractivity contribution in [2.24, 2.45) is 7.05 Å². The van der Waals surface area contributed by atoms with E-state index in [2.05, 4.69) is 30.7 Å². The molecule has 1 aromatic carbocycles. The van der Waals surface area contributed by atoms with Gasteiger partial charge in [0.25, 0.3) is 0 Å². The van der Waals surface area contributed by atoms with E-state index in [0.29, 0.717) is 5.69 Å². The Bertz CT molecular complexity index is 756. The number of carbonyl (C=O) groups is 1. The molecule has 1 atom stereocenters. The van der Waals surface area contributed by atoms with Crippen molar-refractivity contribution in [2.75, 3.05) is 26.2 Å². The summed E-state index contributed by atoms with van der Waals surface area (Å²) in [4.78, 5) is 21.1. The Balaban J connectivity index is 1.83. The molecule has 0 spiro atoms. The number of carboxylic acid groups (broad SMARTS) is 1. The average molecular weight is 356 g/mol. The summed E-state index contributed by atoms with van der Waals surface area (Å²) in [5, 5.41) is 9.87. The van der Waals surface area contributed by atoms with Crippen molar-refractivity contribution in [3.63, 3.8) is 0 Å². The molecule has 0 radical (unpaired) electrons. The third-order valence-corrected chi connectivity index (χ3v) is 5.07. The van der Waals surface area contributed by atoms with Crippen molar-refractivity contribution in [3.8, 4) is 11.4 Å². The van der Waals surface area contributed by atoms with Gasteiger partial charge in [-0.2, -0.15) is 0 Å². The van der Waals surface area contributed by atoms with Gasteiger partial charge in [-0.15, -0.1) is 0 Å². The van der Waals surface area contributed by atoms with Crippen LogP contribution in [0, 0.1) is 0 Å². The summed E-state index contributed by atoms with van der Waals surface area (Å²) in [6.45, 7) is 9.78. The summed E-state index contributed by atoms with van der Waals surface area (Å²) in [7, 11) is 1.91. The number of aromatic nitrogens is 2. The Morgan fingerprint density at radius 1 is 1.12 bits per heavy atom. The second-order valence-corrected chi connectivity index (χ2v) is 7.90. The molecule has 1 aliphatic heterocycles. The molecular weight excluding hydrogens is 328 g/mol. The van der Waals surface area contributed by atoms with E-state index in [1.54, 1.807) is 0 Å². The molecule has 2 aromatic rings. The first-order valence-corrected chi connectivity index (χ1v) is 9.08. The Labute approximate surface area is 155 Å². The Morgan fingerprint density at radius 3 is 2.27 bits per heavy atom. The van der Waals surface area contributed by atoms with Gasteiger partial charge in [-0.25, -0.2) is 4.98 Å². The van der Waals surface area contributed by atoms with E-state index in [0.717, 1.165) is 37.6 Å². The summed E-state index contributed by atoms with van der Waals surface area (Å²) in [5.41, 5.74) is 1.70. The number of aliphatic carboxylic acids is 1. The molecule has 0 aliphatic carbocycles. The van der Waals surface area contributed by atoms with Gasteiger partial charge in [0, 0.05) is 50.5 Å². The molecule has 1 aromatic heterocycles. The van der Waals surface area contributed by atoms with Gasteiger partial charge in [0.1, 0.15) is 5.82 Å². The second kappa shape index (κ2) is 7.21. The average Bonchev–Trinajstić information content (AvgIpc) is 2.96. The fraction of sp³-hybridized carbons (Fsp3) is 0.500. The highest BCUT2D eigenvalue weighted by Gasteiger charge is 2.34. The lowest BCUT2D eigenvalue weighted by atomic mass is 10.0. The van der Waals surface area contributed by atoms with Crippen LogP contribution in [0.25, 0.3) is 11.4 Å². The molecule has 1 N–H and O–H groups in total. The van der Waals surface area contributed by atoms with Crippen molar-refractivity contribution in [1.82, 2.24) is 19.4 Å². The molecule has 1 saturated heterocycles. The van der Waals surface area contributed by atoms with Gasteiger partial charge in [-0.05, 0) is 20.8 Å². The Hall–Kier alpha value is -2.18. The first-order chi connectivity index (χ1) is 12.3. The zero-order chi connectivity index (χ0) is 18.9. The molecule has 26 heavy (non-hydrogen) atoms. The largest absolute Gasteiger partial charge is 0.480 e. The summed E-state index contributed by atoms with van der Waals surface area (Å²) in [6, 6.07) is 9.16. The van der Waals surface area contributed by atoms with Gasteiger partial charge in [0.05, 0.1) is 5.69 Å². The molecule has 1 unspecified atom stereocenters. The second-order valence-electron chi connectivity index (χ2n) is 7.90. The normalized spacial score (nSPS) is 18.0. The molecule has 3 rings (SSSR count). The third kappa shape index (κ3) is 3.81. The lowest BCUT2D eigenvalue weighted by Crippen LogP contribution is -2.54. The molecule has 6 heteroatoms. The van der Waals surface area contributed by atoms with Crippen LogP contribution in [0.15, 0.2) is 36.5 Å². The minimum absolute atomic E-state index is 0.107. The molecule has 1 fully saturated rings. The zero-order valence-electron chi connectivity index (χ0n) is 16.0. The number of carboxylic acids is 1. The van der Waals surface area contributed by atoms with Crippen LogP contribution in [0.3, 0.4) is 0 Å². The van der Waals surface area contributed by atoms with E-state index in [4.69, 9.17) is 0 Å². The Kier molecular flexibility index (Phi) is 5.16. The molecular formula is C20H28N4O2. The van der Waals surface area contributed by atoms with Crippen LogP contribution < -0.4 is 0 Å². The maximum absolute atomic E-state index is 12.0. The SMILES string of the molecule is Cn1cc(C(C(=O)O)N2CCN(C(C)(C)C)CC2)nc1-c1ccccc1. The quantitative estimate of drug-likeness (QED) is 0.912. The fourth-order valence-electron chi connectivity index (χ4n) is 3.60. The molecule has 0 saturated carbocycles. The van der Waals surface area contributed by atoms with Gasteiger partial charge in [0.15, 0.2) is 6.04 Å². The fourth-order valence-corrected chi connectivity index (χ4v) is 3.60. The molecule has 2 heterocycles. The summed E-state index contributed by atoms with van der Waals surface area (Å²) >= 11 is 0. The molecule has 0 bridgehead atoms. The van der Waals surface area contributed by atoms with Crippen LogP contribution in [0.4, 0.5) is 0 Å². The van der Waals surface area contributed by atoms with Crippen molar-refractivity contribution in [3.05, 3.63) is 42.2 Å². The predicted octanol–water partition coefficient (Wildman–Crippen LogP) is 2.63. The van der Waals surface area contributed by atoms with Crippen LogP contribution in [-0.4, -0.2) is 62.1 Å². The standard InChI is InChI=1S/C20H28N4O2/c1-20(2,3)24-12-10-23(11-13-24)17(19(25)26)16-14-22(4)18(21-16)15-8-6-5-7-9-15/h5-9,14,17H,10-13H2,1-4H3,(H,25,26). The molecule has 1 aliphatic rings. The topological polar surface area (TPSA) is 61.6 Å². The van der Waals surface area contributed by atoms with E-state index in [1.807, 2.05) is 53.0 Å². The summed E-state index contributed by atoms with van der Waals surface area (Å²) in [6.07, 6.45) is 1.84. The minimum Gasteiger partial charge on any atom is -0.480 e. The van der Waals surface area contributed by atoms with E-state index < -0.39 is 12.0 Å². The number of hydrogen-bond donors (Lipinski definition) is 1. The van der Waals surface area contributed by atoms with E-state index >= 15 is 0 Å². The van der Waals surface area contributed by atoms with E-state index in [-0.39, 0.29) is 5.54 Å². The number of hydrogen-bond acceptors (Lipinski definition) is 4. The van der Waals surface area contributed by atoms with Crippen LogP contribution in [-0.2, 0) is 11.8 Å². The number of nitrogens with zero attached hydrogens (tertiary/aromatic N) is 4. The summed E-state index contributed by atoms with van der Waals surface area (Å²) < 4.78 is 1.91. The van der Waals surface area contributed by atoms with Gasteiger partial charge < -0.3 is 9.67 Å². The molecule has 0 amide bonds. The zero-order valence-corrected chi connectivity index (χ0v) is 16.0. The lowest BCUT2D eigenvalue weighted by molar-refractivity contribution is -0.144. The van der Waals surface area contributed by atoms with Gasteiger partial charge in [0.2, 0.25) is 0 Å². The van der Waals surface area contributed by atoms with E-state index in [9.17, 15) is 9.90 Å². The van der Waals surface area contributed by atoms with Crippen molar-refractivity contribution in [2.45, 2.75) is 32.4 Å². The highest BCUT2D eigenvalue weighted by atomic mass is 16.4. The highest BCUT2D eigenvalue weighted by Crippen LogP contribution is 2.27. The summed E-state index contributed by atoms with van der Waals surface area (Å²) in [5.74, 6) is -0.0490. The molecule has 140 valence electrons. The number of aryl methyl sites for hydroxylation is 1. The number of imidazole rings is 1. The van der Waals surface area contributed by atoms with Crippen LogP contribution in [0.2, 0.25) is 0 Å². The molecule has 6 nitrogen and oxygen atoms in total. The number of benzene rings is 1. The van der Waals surface area contributed by atoms with Gasteiger partial charge in [-0.1, -0.05) is 30.3 Å². The highest BCUT2D eigenvalue weighted by molar-refractivity contribution is 5.75. The number of rotatable bonds is 4. The van der Waals surface area contributed by atoms with E-state index in [1.165, 1.54) is 0 Å². The van der Waals surface area contributed by atoms with Crippen molar-refractivity contribution < 1.29 is 9.90 Å². The monoisotopic (exact) mass is 356 g/mol. The van der Waals surface area contributed by atoms with Crippen molar-refractivity contribution >= 4 is 5.97 Å². The van der Waals surface area contributed by atoms with Crippen molar-refractivity contribution in [1.29, 1.82) is 0 Å². The van der Waals surface area contributed by atoms with Crippen LogP contribution >= 0.6 is 0 Å². The smallest absolute Gasteiger partial charge is 0.327 e. The first kappa shape index (κ1) is 18.6. The minimum atomic E-state index is -0.841. The van der Waals surface area contributed by atoms with Gasteiger partial charge >= 0.3 is 5.97 Å². The van der Waals surface area contributed by atoms with Gasteiger partial charge in [-0.3, -0.25) is 14.6 Å². The lowest BCUT2D eigenvalue weighted by Gasteiger charge is -2.43. The third-order valence-electron chi connectivity index (χ3n) is 5.07. The number of piperazine rings is 1. The van der Waals surface area contributed by atoms with Crippen LogP contribution in [0.5, 0.6) is 0 Å². The van der Waals surface area contributed by atoms with Crippen LogP contribution in [0.1, 0.15) is 32.5 Å².